The molecule has 1 aromatic carbocycles. The van der Waals surface area contributed by atoms with Crippen LogP contribution in [0, 0.1) is 0 Å². The van der Waals surface area contributed by atoms with Gasteiger partial charge in [0.05, 0.1) is 7.11 Å². The Morgan fingerprint density at radius 1 is 1.33 bits per heavy atom. The summed E-state index contributed by atoms with van der Waals surface area (Å²) in [6.45, 7) is 1.79. The third-order valence-electron chi connectivity index (χ3n) is 3.84. The number of carbonyl (C=O) groups is 1. The molecule has 0 saturated heterocycles. The van der Waals surface area contributed by atoms with Crippen LogP contribution in [-0.2, 0) is 13.1 Å². The predicted octanol–water partition coefficient (Wildman–Crippen LogP) is 3.73. The quantitative estimate of drug-likeness (QED) is 0.730. The number of hydrogen-bond acceptors (Lipinski definition) is 4. The van der Waals surface area contributed by atoms with Crippen LogP contribution in [0.3, 0.4) is 0 Å². The number of nitrogens with zero attached hydrogens (tertiary/aromatic N) is 1. The second-order valence-electron chi connectivity index (χ2n) is 5.46. The summed E-state index contributed by atoms with van der Waals surface area (Å²) < 4.78 is 5.44. The van der Waals surface area contributed by atoms with Gasteiger partial charge in [-0.15, -0.1) is 0 Å². The monoisotopic (exact) mass is 301 g/mol. The summed E-state index contributed by atoms with van der Waals surface area (Å²) in [5.74, 6) is 0.858. The molecule has 0 unspecified atom stereocenters. The summed E-state index contributed by atoms with van der Waals surface area (Å²) >= 11 is 1.74. The number of carbonyl (C=O) groups excluding carboxylic acids is 1. The molecular formula is C17H19NO2S. The van der Waals surface area contributed by atoms with E-state index in [1.165, 1.54) is 18.4 Å². The van der Waals surface area contributed by atoms with Crippen LogP contribution in [0.1, 0.15) is 34.3 Å². The Morgan fingerprint density at radius 2 is 2.19 bits per heavy atom. The molecule has 3 nitrogen and oxygen atoms in total. The number of thiophene rings is 1. The summed E-state index contributed by atoms with van der Waals surface area (Å²) in [5.41, 5.74) is 3.15. The first kappa shape index (κ1) is 14.3. The summed E-state index contributed by atoms with van der Waals surface area (Å²) in [4.78, 5) is 13.5. The van der Waals surface area contributed by atoms with Gasteiger partial charge < -0.3 is 4.74 Å². The van der Waals surface area contributed by atoms with E-state index in [0.717, 1.165) is 30.7 Å². The van der Waals surface area contributed by atoms with Crippen LogP contribution in [-0.4, -0.2) is 24.3 Å². The molecular weight excluding hydrogens is 282 g/mol. The Balaban J connectivity index is 1.80. The first-order chi connectivity index (χ1) is 10.3. The summed E-state index contributed by atoms with van der Waals surface area (Å²) in [5, 5.41) is 4.32. The van der Waals surface area contributed by atoms with E-state index in [1.807, 2.05) is 12.1 Å². The number of ether oxygens (including phenoxy) is 1. The van der Waals surface area contributed by atoms with E-state index in [0.29, 0.717) is 11.6 Å². The fraction of sp³-hybridized carbons (Fsp3) is 0.353. The highest BCUT2D eigenvalue weighted by atomic mass is 32.1. The van der Waals surface area contributed by atoms with Gasteiger partial charge in [-0.05, 0) is 53.4 Å². The molecule has 1 aromatic heterocycles. The molecule has 1 saturated carbocycles. The van der Waals surface area contributed by atoms with Crippen LogP contribution in [0.2, 0.25) is 0 Å². The molecule has 110 valence electrons. The average molecular weight is 301 g/mol. The molecule has 0 spiro atoms. The van der Waals surface area contributed by atoms with Crippen molar-refractivity contribution < 1.29 is 9.53 Å². The van der Waals surface area contributed by atoms with Gasteiger partial charge in [0.1, 0.15) is 12.0 Å². The second-order valence-corrected chi connectivity index (χ2v) is 6.24. The molecule has 3 rings (SSSR count). The standard InChI is InChI=1S/C17H19NO2S/c1-20-17-5-2-13(11-19)8-15(17)10-18(16-3-4-16)9-14-6-7-21-12-14/h2,5-8,11-12,16H,3-4,9-10H2,1H3. The van der Waals surface area contributed by atoms with Gasteiger partial charge in [-0.1, -0.05) is 0 Å². The van der Waals surface area contributed by atoms with E-state index in [-0.39, 0.29) is 0 Å². The number of hydrogen-bond donors (Lipinski definition) is 0. The lowest BCUT2D eigenvalue weighted by atomic mass is 10.1. The normalized spacial score (nSPS) is 14.4. The minimum Gasteiger partial charge on any atom is -0.496 e. The molecule has 21 heavy (non-hydrogen) atoms. The smallest absolute Gasteiger partial charge is 0.150 e. The minimum absolute atomic E-state index is 0.662. The molecule has 0 N–H and O–H groups in total. The Morgan fingerprint density at radius 3 is 2.81 bits per heavy atom. The first-order valence-corrected chi connectivity index (χ1v) is 8.11. The van der Waals surface area contributed by atoms with Crippen molar-refractivity contribution in [2.75, 3.05) is 7.11 Å². The van der Waals surface area contributed by atoms with Crippen molar-refractivity contribution in [3.05, 3.63) is 51.7 Å². The van der Waals surface area contributed by atoms with Crippen molar-refractivity contribution in [2.45, 2.75) is 32.0 Å². The molecule has 1 heterocycles. The molecule has 0 radical (unpaired) electrons. The Bertz CT molecular complexity index is 605. The van der Waals surface area contributed by atoms with Crippen molar-refractivity contribution in [1.29, 1.82) is 0 Å². The van der Waals surface area contributed by atoms with Crippen molar-refractivity contribution in [1.82, 2.24) is 4.90 Å². The Hall–Kier alpha value is -1.65. The van der Waals surface area contributed by atoms with Gasteiger partial charge in [-0.2, -0.15) is 11.3 Å². The van der Waals surface area contributed by atoms with E-state index < -0.39 is 0 Å². The van der Waals surface area contributed by atoms with Gasteiger partial charge in [0.25, 0.3) is 0 Å². The van der Waals surface area contributed by atoms with Gasteiger partial charge in [0.15, 0.2) is 0 Å². The van der Waals surface area contributed by atoms with E-state index in [2.05, 4.69) is 21.7 Å². The van der Waals surface area contributed by atoms with E-state index >= 15 is 0 Å². The van der Waals surface area contributed by atoms with Crippen LogP contribution >= 0.6 is 11.3 Å². The second kappa shape index (κ2) is 6.41. The van der Waals surface area contributed by atoms with Crippen molar-refractivity contribution in [3.8, 4) is 5.75 Å². The van der Waals surface area contributed by atoms with E-state index in [9.17, 15) is 4.79 Å². The maximum atomic E-state index is 11.0. The Labute approximate surface area is 129 Å². The fourth-order valence-electron chi connectivity index (χ4n) is 2.59. The van der Waals surface area contributed by atoms with Gasteiger partial charge in [0, 0.05) is 30.3 Å². The molecule has 0 amide bonds. The lowest BCUT2D eigenvalue weighted by molar-refractivity contribution is 0.112. The molecule has 2 aromatic rings. The number of aldehydes is 1. The first-order valence-electron chi connectivity index (χ1n) is 7.17. The maximum absolute atomic E-state index is 11.0. The highest BCUT2D eigenvalue weighted by molar-refractivity contribution is 7.07. The van der Waals surface area contributed by atoms with E-state index in [4.69, 9.17) is 4.74 Å². The third-order valence-corrected chi connectivity index (χ3v) is 4.58. The maximum Gasteiger partial charge on any atom is 0.150 e. The van der Waals surface area contributed by atoms with Crippen LogP contribution < -0.4 is 4.74 Å². The number of rotatable bonds is 7. The lowest BCUT2D eigenvalue weighted by Gasteiger charge is -2.23. The Kier molecular flexibility index (Phi) is 4.36. The molecule has 1 aliphatic rings. The van der Waals surface area contributed by atoms with Crippen molar-refractivity contribution in [2.24, 2.45) is 0 Å². The van der Waals surface area contributed by atoms with Crippen LogP contribution in [0.4, 0.5) is 0 Å². The van der Waals surface area contributed by atoms with Gasteiger partial charge in [-0.25, -0.2) is 0 Å². The topological polar surface area (TPSA) is 29.5 Å². The number of methoxy groups -OCH3 is 1. The lowest BCUT2D eigenvalue weighted by Crippen LogP contribution is -2.25. The third kappa shape index (κ3) is 3.52. The van der Waals surface area contributed by atoms with Gasteiger partial charge in [0.2, 0.25) is 0 Å². The van der Waals surface area contributed by atoms with Crippen molar-refractivity contribution >= 4 is 17.6 Å². The van der Waals surface area contributed by atoms with Crippen LogP contribution in [0.25, 0.3) is 0 Å². The molecule has 0 aliphatic heterocycles. The van der Waals surface area contributed by atoms with Crippen LogP contribution in [0.5, 0.6) is 5.75 Å². The zero-order valence-electron chi connectivity index (χ0n) is 12.1. The molecule has 1 fully saturated rings. The van der Waals surface area contributed by atoms with E-state index in [1.54, 1.807) is 24.5 Å². The van der Waals surface area contributed by atoms with Crippen LogP contribution in [0.15, 0.2) is 35.0 Å². The summed E-state index contributed by atoms with van der Waals surface area (Å²) in [6, 6.07) is 8.47. The average Bonchev–Trinajstić information content (AvgIpc) is 3.24. The minimum atomic E-state index is 0.662. The van der Waals surface area contributed by atoms with Gasteiger partial charge in [-0.3, -0.25) is 9.69 Å². The molecule has 0 bridgehead atoms. The zero-order valence-corrected chi connectivity index (χ0v) is 12.9. The molecule has 1 aliphatic carbocycles. The molecule has 0 atom stereocenters. The summed E-state index contributed by atoms with van der Waals surface area (Å²) in [6.07, 6.45) is 3.42. The highest BCUT2D eigenvalue weighted by Gasteiger charge is 2.29. The van der Waals surface area contributed by atoms with Crippen molar-refractivity contribution in [3.63, 3.8) is 0 Å². The zero-order chi connectivity index (χ0) is 14.7. The summed E-state index contributed by atoms with van der Waals surface area (Å²) in [7, 11) is 1.68. The fourth-order valence-corrected chi connectivity index (χ4v) is 3.24. The number of benzene rings is 1. The SMILES string of the molecule is COc1ccc(C=O)cc1CN(Cc1ccsc1)C1CC1. The predicted molar refractivity (Wildman–Crippen MR) is 85.0 cm³/mol. The largest absolute Gasteiger partial charge is 0.496 e. The highest BCUT2D eigenvalue weighted by Crippen LogP contribution is 2.32. The molecule has 4 heteroatoms. The van der Waals surface area contributed by atoms with Gasteiger partial charge >= 0.3 is 0 Å².